The fraction of sp³-hybridized carbons (Fsp3) is 0.0556. The van der Waals surface area contributed by atoms with Crippen LogP contribution in [0.3, 0.4) is 0 Å². The second kappa shape index (κ2) is 7.39. The number of amides is 1. The lowest BCUT2D eigenvalue weighted by Crippen LogP contribution is -2.14. The highest BCUT2D eigenvalue weighted by Gasteiger charge is 2.10. The molecule has 0 atom stereocenters. The summed E-state index contributed by atoms with van der Waals surface area (Å²) in [5.41, 5.74) is 1.01. The lowest BCUT2D eigenvalue weighted by Gasteiger charge is -2.08. The van der Waals surface area contributed by atoms with Gasteiger partial charge in [0.25, 0.3) is 5.91 Å². The van der Waals surface area contributed by atoms with Gasteiger partial charge in [-0.2, -0.15) is 0 Å². The molecule has 0 aliphatic rings. The standard InChI is InChI=1S/C18H15FN4O2/c1-25-13-6-4-5-12(9-13)22-18(24)16-10-21-17(11-20-16)23-15-8-3-2-7-14(15)19/h2-11H,1H3,(H,21,23)(H,22,24). The van der Waals surface area contributed by atoms with Crippen LogP contribution in [0.4, 0.5) is 21.6 Å². The molecule has 2 aromatic carbocycles. The number of rotatable bonds is 5. The molecule has 0 saturated carbocycles. The molecule has 2 N–H and O–H groups in total. The molecule has 1 aromatic heterocycles. The van der Waals surface area contributed by atoms with E-state index in [-0.39, 0.29) is 11.4 Å². The lowest BCUT2D eigenvalue weighted by atomic mass is 10.3. The molecule has 3 rings (SSSR count). The van der Waals surface area contributed by atoms with E-state index in [1.54, 1.807) is 49.6 Å². The highest BCUT2D eigenvalue weighted by molar-refractivity contribution is 6.02. The maximum Gasteiger partial charge on any atom is 0.275 e. The number of carbonyl (C=O) groups is 1. The van der Waals surface area contributed by atoms with Gasteiger partial charge < -0.3 is 15.4 Å². The van der Waals surface area contributed by atoms with Crippen molar-refractivity contribution in [2.75, 3.05) is 17.7 Å². The molecule has 0 fully saturated rings. The Hall–Kier alpha value is -3.48. The number of nitrogens with one attached hydrogen (secondary N) is 2. The quantitative estimate of drug-likeness (QED) is 0.743. The molecule has 0 aliphatic carbocycles. The van der Waals surface area contributed by atoms with E-state index in [1.165, 1.54) is 18.5 Å². The van der Waals surface area contributed by atoms with Crippen molar-refractivity contribution < 1.29 is 13.9 Å². The number of aromatic nitrogens is 2. The number of carbonyl (C=O) groups excluding carboxylic acids is 1. The third-order valence-electron chi connectivity index (χ3n) is 3.35. The van der Waals surface area contributed by atoms with Crippen molar-refractivity contribution >= 4 is 23.1 Å². The van der Waals surface area contributed by atoms with Crippen molar-refractivity contribution in [2.24, 2.45) is 0 Å². The molecular weight excluding hydrogens is 323 g/mol. The zero-order valence-electron chi connectivity index (χ0n) is 13.4. The highest BCUT2D eigenvalue weighted by atomic mass is 19.1. The predicted molar refractivity (Wildman–Crippen MR) is 92.7 cm³/mol. The average molecular weight is 338 g/mol. The molecular formula is C18H15FN4O2. The molecule has 25 heavy (non-hydrogen) atoms. The zero-order valence-corrected chi connectivity index (χ0v) is 13.4. The van der Waals surface area contributed by atoms with E-state index in [2.05, 4.69) is 20.6 Å². The Morgan fingerprint density at radius 1 is 1.08 bits per heavy atom. The third-order valence-corrected chi connectivity index (χ3v) is 3.35. The summed E-state index contributed by atoms with van der Waals surface area (Å²) in [6.45, 7) is 0. The second-order valence-corrected chi connectivity index (χ2v) is 5.08. The summed E-state index contributed by atoms with van der Waals surface area (Å²) >= 11 is 0. The summed E-state index contributed by atoms with van der Waals surface area (Å²) in [7, 11) is 1.55. The Morgan fingerprint density at radius 2 is 1.92 bits per heavy atom. The van der Waals surface area contributed by atoms with E-state index >= 15 is 0 Å². The summed E-state index contributed by atoms with van der Waals surface area (Å²) in [4.78, 5) is 20.3. The fourth-order valence-corrected chi connectivity index (χ4v) is 2.11. The summed E-state index contributed by atoms with van der Waals surface area (Å²) < 4.78 is 18.7. The first-order chi connectivity index (χ1) is 12.2. The van der Waals surface area contributed by atoms with Crippen LogP contribution in [0.15, 0.2) is 60.9 Å². The van der Waals surface area contributed by atoms with Gasteiger partial charge >= 0.3 is 0 Å². The van der Waals surface area contributed by atoms with Crippen LogP contribution in [0, 0.1) is 5.82 Å². The maximum absolute atomic E-state index is 13.6. The Morgan fingerprint density at radius 3 is 2.64 bits per heavy atom. The van der Waals surface area contributed by atoms with Gasteiger partial charge in [-0.25, -0.2) is 14.4 Å². The number of methoxy groups -OCH3 is 1. The second-order valence-electron chi connectivity index (χ2n) is 5.08. The molecule has 0 unspecified atom stereocenters. The summed E-state index contributed by atoms with van der Waals surface area (Å²) in [5.74, 6) is 0.165. The normalized spacial score (nSPS) is 10.2. The molecule has 1 heterocycles. The van der Waals surface area contributed by atoms with Gasteiger partial charge in [0, 0.05) is 11.8 Å². The first-order valence-electron chi connectivity index (χ1n) is 7.45. The highest BCUT2D eigenvalue weighted by Crippen LogP contribution is 2.19. The number of anilines is 3. The molecule has 0 bridgehead atoms. The van der Waals surface area contributed by atoms with E-state index in [1.807, 2.05) is 0 Å². The van der Waals surface area contributed by atoms with Crippen LogP contribution < -0.4 is 15.4 Å². The largest absolute Gasteiger partial charge is 0.497 e. The van der Waals surface area contributed by atoms with E-state index in [0.29, 0.717) is 17.3 Å². The molecule has 6 nitrogen and oxygen atoms in total. The van der Waals surface area contributed by atoms with Gasteiger partial charge in [0.05, 0.1) is 25.2 Å². The predicted octanol–water partition coefficient (Wildman–Crippen LogP) is 3.62. The molecule has 0 spiro atoms. The van der Waals surface area contributed by atoms with Gasteiger partial charge in [0.15, 0.2) is 0 Å². The summed E-state index contributed by atoms with van der Waals surface area (Å²) in [6, 6.07) is 13.2. The minimum absolute atomic E-state index is 0.141. The van der Waals surface area contributed by atoms with Crippen molar-refractivity contribution in [1.29, 1.82) is 0 Å². The smallest absolute Gasteiger partial charge is 0.275 e. The molecule has 7 heteroatoms. The van der Waals surface area contributed by atoms with E-state index in [4.69, 9.17) is 4.74 Å². The Kier molecular flexibility index (Phi) is 4.84. The molecule has 1 amide bonds. The lowest BCUT2D eigenvalue weighted by molar-refractivity contribution is 0.102. The summed E-state index contributed by atoms with van der Waals surface area (Å²) in [5, 5.41) is 5.52. The van der Waals surface area contributed by atoms with Crippen LogP contribution in [0.25, 0.3) is 0 Å². The zero-order chi connectivity index (χ0) is 17.6. The number of halogens is 1. The van der Waals surface area contributed by atoms with Crippen molar-refractivity contribution in [1.82, 2.24) is 9.97 Å². The monoisotopic (exact) mass is 338 g/mol. The Bertz CT molecular complexity index is 884. The van der Waals surface area contributed by atoms with Crippen molar-refractivity contribution in [3.05, 3.63) is 72.4 Å². The average Bonchev–Trinajstić information content (AvgIpc) is 2.64. The summed E-state index contributed by atoms with van der Waals surface area (Å²) in [6.07, 6.45) is 2.69. The minimum Gasteiger partial charge on any atom is -0.497 e. The van der Waals surface area contributed by atoms with Crippen molar-refractivity contribution in [2.45, 2.75) is 0 Å². The van der Waals surface area contributed by atoms with E-state index < -0.39 is 11.7 Å². The van der Waals surface area contributed by atoms with E-state index in [0.717, 1.165) is 0 Å². The van der Waals surface area contributed by atoms with Gasteiger partial charge in [-0.1, -0.05) is 18.2 Å². The van der Waals surface area contributed by atoms with Crippen LogP contribution in [-0.2, 0) is 0 Å². The number of hydrogen-bond donors (Lipinski definition) is 2. The fourth-order valence-electron chi connectivity index (χ4n) is 2.11. The van der Waals surface area contributed by atoms with Crippen molar-refractivity contribution in [3.8, 4) is 5.75 Å². The molecule has 126 valence electrons. The first kappa shape index (κ1) is 16.4. The number of benzene rings is 2. The van der Waals surface area contributed by atoms with Crippen LogP contribution >= 0.6 is 0 Å². The first-order valence-corrected chi connectivity index (χ1v) is 7.45. The van der Waals surface area contributed by atoms with Gasteiger partial charge in [-0.05, 0) is 24.3 Å². The van der Waals surface area contributed by atoms with Gasteiger partial charge in [-0.3, -0.25) is 4.79 Å². The molecule has 3 aromatic rings. The van der Waals surface area contributed by atoms with Gasteiger partial charge in [0.1, 0.15) is 23.1 Å². The van der Waals surface area contributed by atoms with Crippen LogP contribution in [0.1, 0.15) is 10.5 Å². The topological polar surface area (TPSA) is 76.1 Å². The SMILES string of the molecule is COc1cccc(NC(=O)c2cnc(Nc3ccccc3F)cn2)c1. The van der Waals surface area contributed by atoms with Gasteiger partial charge in [0.2, 0.25) is 0 Å². The minimum atomic E-state index is -0.404. The van der Waals surface area contributed by atoms with E-state index in [9.17, 15) is 9.18 Å². The van der Waals surface area contributed by atoms with Crippen LogP contribution in [0.5, 0.6) is 5.75 Å². The number of hydrogen-bond acceptors (Lipinski definition) is 5. The Labute approximate surface area is 143 Å². The Balaban J connectivity index is 1.69. The van der Waals surface area contributed by atoms with Crippen molar-refractivity contribution in [3.63, 3.8) is 0 Å². The number of nitrogens with zero attached hydrogens (tertiary/aromatic N) is 2. The van der Waals surface area contributed by atoms with Gasteiger partial charge in [-0.15, -0.1) is 0 Å². The molecule has 0 aliphatic heterocycles. The number of para-hydroxylation sites is 1. The molecule has 0 saturated heterocycles. The third kappa shape index (κ3) is 4.08. The van der Waals surface area contributed by atoms with Crippen LogP contribution in [0.2, 0.25) is 0 Å². The number of ether oxygens (including phenoxy) is 1. The maximum atomic E-state index is 13.6. The molecule has 0 radical (unpaired) electrons. The van der Waals surface area contributed by atoms with Crippen LogP contribution in [-0.4, -0.2) is 23.0 Å².